The van der Waals surface area contributed by atoms with Crippen LogP contribution in [0.3, 0.4) is 0 Å². The van der Waals surface area contributed by atoms with E-state index in [0.717, 1.165) is 12.1 Å². The van der Waals surface area contributed by atoms with E-state index in [2.05, 4.69) is 5.10 Å². The molecule has 1 aromatic carbocycles. The van der Waals surface area contributed by atoms with Gasteiger partial charge in [0.1, 0.15) is 0 Å². The van der Waals surface area contributed by atoms with Crippen molar-refractivity contribution in [2.45, 2.75) is 26.0 Å². The zero-order valence-corrected chi connectivity index (χ0v) is 11.3. The molecule has 7 heteroatoms. The number of carboxylic acid groups (broad SMARTS) is 1. The standard InChI is InChI=1S/C14H14F2N2O3/c1-8(2-14(20)21)18-6-10(5-17-18)11-4-13(16)12(15)3-9(11)7-19/h3-6,8,19H,2,7H2,1H3,(H,20,21). The van der Waals surface area contributed by atoms with Gasteiger partial charge >= 0.3 is 5.97 Å². The van der Waals surface area contributed by atoms with Gasteiger partial charge in [0, 0.05) is 11.8 Å². The van der Waals surface area contributed by atoms with Crippen molar-refractivity contribution >= 4 is 5.97 Å². The molecule has 5 nitrogen and oxygen atoms in total. The molecule has 0 saturated carbocycles. The third kappa shape index (κ3) is 3.25. The Kier molecular flexibility index (Phi) is 4.32. The molecule has 112 valence electrons. The van der Waals surface area contributed by atoms with Crippen LogP contribution in [-0.4, -0.2) is 26.0 Å². The average molecular weight is 296 g/mol. The van der Waals surface area contributed by atoms with Gasteiger partial charge in [-0.1, -0.05) is 0 Å². The van der Waals surface area contributed by atoms with Crippen molar-refractivity contribution in [1.82, 2.24) is 9.78 Å². The zero-order chi connectivity index (χ0) is 15.6. The van der Waals surface area contributed by atoms with Crippen LogP contribution in [-0.2, 0) is 11.4 Å². The van der Waals surface area contributed by atoms with Crippen LogP contribution in [0.4, 0.5) is 8.78 Å². The van der Waals surface area contributed by atoms with E-state index in [1.165, 1.54) is 10.9 Å². The molecule has 2 N–H and O–H groups in total. The van der Waals surface area contributed by atoms with Gasteiger partial charge in [0.05, 0.1) is 25.3 Å². The average Bonchev–Trinajstić information content (AvgIpc) is 2.90. The van der Waals surface area contributed by atoms with Gasteiger partial charge in [-0.05, 0) is 30.2 Å². The van der Waals surface area contributed by atoms with E-state index in [4.69, 9.17) is 5.11 Å². The highest BCUT2D eigenvalue weighted by Crippen LogP contribution is 2.27. The van der Waals surface area contributed by atoms with Crippen LogP contribution >= 0.6 is 0 Å². The number of benzene rings is 1. The maximum Gasteiger partial charge on any atom is 0.305 e. The van der Waals surface area contributed by atoms with Gasteiger partial charge in [-0.25, -0.2) is 8.78 Å². The second-order valence-electron chi connectivity index (χ2n) is 4.74. The summed E-state index contributed by atoms with van der Waals surface area (Å²) in [5.41, 5.74) is 1.04. The Morgan fingerprint density at radius 3 is 2.67 bits per heavy atom. The molecule has 21 heavy (non-hydrogen) atoms. The molecule has 1 unspecified atom stereocenters. The molecule has 1 heterocycles. The molecular formula is C14H14F2N2O3. The number of halogens is 2. The SMILES string of the molecule is CC(CC(=O)O)n1cc(-c2cc(F)c(F)cc2CO)cn1. The molecule has 1 aromatic heterocycles. The molecule has 0 fully saturated rings. The van der Waals surface area contributed by atoms with E-state index < -0.39 is 24.2 Å². The first-order valence-electron chi connectivity index (χ1n) is 6.27. The van der Waals surface area contributed by atoms with Crippen molar-refractivity contribution in [3.63, 3.8) is 0 Å². The van der Waals surface area contributed by atoms with E-state index in [1.54, 1.807) is 13.1 Å². The first-order chi connectivity index (χ1) is 9.92. The predicted octanol–water partition coefficient (Wildman–Crippen LogP) is 2.36. The van der Waals surface area contributed by atoms with Crippen molar-refractivity contribution in [3.8, 4) is 11.1 Å². The summed E-state index contributed by atoms with van der Waals surface area (Å²) in [5.74, 6) is -3.01. The number of carboxylic acids is 1. The highest BCUT2D eigenvalue weighted by atomic mass is 19.2. The molecule has 0 spiro atoms. The lowest BCUT2D eigenvalue weighted by atomic mass is 10.0. The Labute approximate surface area is 119 Å². The molecular weight excluding hydrogens is 282 g/mol. The molecule has 2 aromatic rings. The number of hydrogen-bond acceptors (Lipinski definition) is 3. The Bertz CT molecular complexity index is 670. The number of aliphatic hydroxyl groups excluding tert-OH is 1. The summed E-state index contributed by atoms with van der Waals surface area (Å²) in [6, 6.07) is 1.55. The van der Waals surface area contributed by atoms with Crippen LogP contribution in [0, 0.1) is 11.6 Å². The summed E-state index contributed by atoms with van der Waals surface area (Å²) in [4.78, 5) is 10.7. The minimum absolute atomic E-state index is 0.105. The number of aromatic nitrogens is 2. The van der Waals surface area contributed by atoms with E-state index in [9.17, 15) is 18.7 Å². The van der Waals surface area contributed by atoms with Crippen molar-refractivity contribution in [1.29, 1.82) is 0 Å². The number of carbonyl (C=O) groups is 1. The molecule has 1 atom stereocenters. The fourth-order valence-electron chi connectivity index (χ4n) is 2.05. The molecule has 0 radical (unpaired) electrons. The quantitative estimate of drug-likeness (QED) is 0.888. The molecule has 0 saturated heterocycles. The minimum Gasteiger partial charge on any atom is -0.481 e. The lowest BCUT2D eigenvalue weighted by molar-refractivity contribution is -0.137. The number of hydrogen-bond donors (Lipinski definition) is 2. The molecule has 0 aliphatic rings. The van der Waals surface area contributed by atoms with Crippen LogP contribution in [0.1, 0.15) is 24.9 Å². The maximum atomic E-state index is 13.4. The smallest absolute Gasteiger partial charge is 0.305 e. The highest BCUT2D eigenvalue weighted by molar-refractivity contribution is 5.68. The molecule has 0 amide bonds. The van der Waals surface area contributed by atoms with Crippen LogP contribution in [0.25, 0.3) is 11.1 Å². The summed E-state index contributed by atoms with van der Waals surface area (Å²) >= 11 is 0. The fourth-order valence-corrected chi connectivity index (χ4v) is 2.05. The molecule has 0 aliphatic heterocycles. The monoisotopic (exact) mass is 296 g/mol. The first kappa shape index (κ1) is 15.1. The minimum atomic E-state index is -1.03. The Hall–Kier alpha value is -2.28. The largest absolute Gasteiger partial charge is 0.481 e. The third-order valence-electron chi connectivity index (χ3n) is 3.15. The Balaban J connectivity index is 2.37. The Morgan fingerprint density at radius 1 is 1.38 bits per heavy atom. The van der Waals surface area contributed by atoms with Gasteiger partial charge in [0.25, 0.3) is 0 Å². The molecule has 0 bridgehead atoms. The van der Waals surface area contributed by atoms with Crippen LogP contribution < -0.4 is 0 Å². The van der Waals surface area contributed by atoms with Crippen molar-refractivity contribution < 1.29 is 23.8 Å². The van der Waals surface area contributed by atoms with Crippen LogP contribution in [0.15, 0.2) is 24.5 Å². The summed E-state index contributed by atoms with van der Waals surface area (Å²) in [6.45, 7) is 1.24. The van der Waals surface area contributed by atoms with Gasteiger partial charge < -0.3 is 10.2 Å². The van der Waals surface area contributed by atoms with Gasteiger partial charge in [0.2, 0.25) is 0 Å². The van der Waals surface area contributed by atoms with Crippen LogP contribution in [0.2, 0.25) is 0 Å². The summed E-state index contributed by atoms with van der Waals surface area (Å²) in [6.07, 6.45) is 2.86. The topological polar surface area (TPSA) is 75.3 Å². The van der Waals surface area contributed by atoms with Crippen molar-refractivity contribution in [2.75, 3.05) is 0 Å². The normalized spacial score (nSPS) is 12.4. The second-order valence-corrected chi connectivity index (χ2v) is 4.74. The van der Waals surface area contributed by atoms with E-state index in [1.807, 2.05) is 0 Å². The maximum absolute atomic E-state index is 13.4. The lowest BCUT2D eigenvalue weighted by Crippen LogP contribution is -2.10. The second kappa shape index (κ2) is 6.01. The Morgan fingerprint density at radius 2 is 2.05 bits per heavy atom. The zero-order valence-electron chi connectivity index (χ0n) is 11.3. The summed E-state index contributed by atoms with van der Waals surface area (Å²) < 4.78 is 28.0. The molecule has 2 rings (SSSR count). The number of nitrogens with zero attached hydrogens (tertiary/aromatic N) is 2. The lowest BCUT2D eigenvalue weighted by Gasteiger charge is -2.09. The van der Waals surface area contributed by atoms with Gasteiger partial charge in [-0.2, -0.15) is 5.10 Å². The van der Waals surface area contributed by atoms with Gasteiger partial charge in [-0.15, -0.1) is 0 Å². The van der Waals surface area contributed by atoms with Crippen molar-refractivity contribution in [3.05, 3.63) is 41.7 Å². The molecule has 0 aliphatic carbocycles. The summed E-state index contributed by atoms with van der Waals surface area (Å²) in [7, 11) is 0. The fraction of sp³-hybridized carbons (Fsp3) is 0.286. The number of rotatable bonds is 5. The van der Waals surface area contributed by atoms with E-state index >= 15 is 0 Å². The summed E-state index contributed by atoms with van der Waals surface area (Å²) in [5, 5.41) is 22.0. The van der Waals surface area contributed by atoms with E-state index in [-0.39, 0.29) is 18.0 Å². The van der Waals surface area contributed by atoms with Gasteiger partial charge in [-0.3, -0.25) is 9.48 Å². The first-order valence-corrected chi connectivity index (χ1v) is 6.27. The van der Waals surface area contributed by atoms with E-state index in [0.29, 0.717) is 11.1 Å². The number of aliphatic carboxylic acids is 1. The van der Waals surface area contributed by atoms with Crippen molar-refractivity contribution in [2.24, 2.45) is 0 Å². The predicted molar refractivity (Wildman–Crippen MR) is 70.5 cm³/mol. The van der Waals surface area contributed by atoms with Crippen LogP contribution in [0.5, 0.6) is 0 Å². The third-order valence-corrected chi connectivity index (χ3v) is 3.15. The highest BCUT2D eigenvalue weighted by Gasteiger charge is 2.15. The van der Waals surface area contributed by atoms with Gasteiger partial charge in [0.15, 0.2) is 11.6 Å². The number of aliphatic hydroxyl groups is 1.